The van der Waals surface area contributed by atoms with Crippen LogP contribution in [0.3, 0.4) is 0 Å². The lowest BCUT2D eigenvalue weighted by molar-refractivity contribution is -0.115. The Bertz CT molecular complexity index is 519. The van der Waals surface area contributed by atoms with Gasteiger partial charge in [0.25, 0.3) is 5.91 Å². The second kappa shape index (κ2) is 5.14. The Balaban J connectivity index is 1.87. The first-order valence-corrected chi connectivity index (χ1v) is 6.05. The van der Waals surface area contributed by atoms with Gasteiger partial charge in [-0.2, -0.15) is 0 Å². The van der Waals surface area contributed by atoms with Crippen LogP contribution in [0.5, 0.6) is 5.75 Å². The molecule has 0 atom stereocenters. The van der Waals surface area contributed by atoms with Gasteiger partial charge in [0.1, 0.15) is 5.75 Å². The van der Waals surface area contributed by atoms with Crippen LogP contribution in [0, 0.1) is 5.41 Å². The smallest absolute Gasteiger partial charge is 0.410 e. The molecule has 2 amide bonds. The van der Waals surface area contributed by atoms with E-state index in [9.17, 15) is 9.59 Å². The first-order valence-electron chi connectivity index (χ1n) is 6.05. The van der Waals surface area contributed by atoms with E-state index in [0.29, 0.717) is 11.4 Å². The Kier molecular flexibility index (Phi) is 3.55. The van der Waals surface area contributed by atoms with Gasteiger partial charge in [-0.3, -0.25) is 10.1 Å². The Morgan fingerprint density at radius 3 is 2.53 bits per heavy atom. The van der Waals surface area contributed by atoms with E-state index in [1.807, 2.05) is 6.92 Å². The molecule has 0 unspecified atom stereocenters. The zero-order chi connectivity index (χ0) is 13.9. The molecule has 5 heteroatoms. The van der Waals surface area contributed by atoms with Crippen LogP contribution in [-0.2, 0) is 4.79 Å². The summed E-state index contributed by atoms with van der Waals surface area (Å²) >= 11 is 0. The fourth-order valence-electron chi connectivity index (χ4n) is 1.55. The van der Waals surface area contributed by atoms with Gasteiger partial charge >= 0.3 is 6.09 Å². The largest absolute Gasteiger partial charge is 0.419 e. The van der Waals surface area contributed by atoms with Crippen LogP contribution in [0.15, 0.2) is 42.1 Å². The van der Waals surface area contributed by atoms with Gasteiger partial charge in [-0.05, 0) is 25.0 Å². The molecule has 3 N–H and O–H groups in total. The van der Waals surface area contributed by atoms with Crippen LogP contribution in [0.1, 0.15) is 19.8 Å². The molecular formula is C14H16N2O3. The molecule has 100 valence electrons. The number of benzene rings is 1. The summed E-state index contributed by atoms with van der Waals surface area (Å²) in [5.74, 6) is -0.189. The van der Waals surface area contributed by atoms with Crippen molar-refractivity contribution in [2.24, 2.45) is 11.1 Å². The van der Waals surface area contributed by atoms with Gasteiger partial charge in [-0.1, -0.05) is 25.1 Å². The Morgan fingerprint density at radius 2 is 1.95 bits per heavy atom. The van der Waals surface area contributed by atoms with Crippen molar-refractivity contribution in [2.45, 2.75) is 19.8 Å². The number of ether oxygens (including phenoxy) is 1. The number of hydrogen-bond donors (Lipinski definition) is 2. The number of nitrogens with two attached hydrogens (primary N) is 1. The number of nitrogens with one attached hydrogen (secondary N) is 1. The predicted octanol–water partition coefficient (Wildman–Crippen LogP) is 1.94. The van der Waals surface area contributed by atoms with Crippen molar-refractivity contribution < 1.29 is 14.3 Å². The van der Waals surface area contributed by atoms with E-state index in [4.69, 9.17) is 10.5 Å². The Labute approximate surface area is 111 Å². The first kappa shape index (κ1) is 13.1. The number of carbonyl (C=O) groups is 2. The average molecular weight is 260 g/mol. The molecule has 0 saturated heterocycles. The topological polar surface area (TPSA) is 81.4 Å². The summed E-state index contributed by atoms with van der Waals surface area (Å²) in [6.07, 6.45) is 2.37. The minimum atomic E-state index is -0.818. The Morgan fingerprint density at radius 1 is 1.32 bits per heavy atom. The van der Waals surface area contributed by atoms with Gasteiger partial charge in [-0.25, -0.2) is 4.79 Å². The lowest BCUT2D eigenvalue weighted by Gasteiger charge is -2.08. The molecule has 1 aliphatic rings. The van der Waals surface area contributed by atoms with Gasteiger partial charge < -0.3 is 10.5 Å². The van der Waals surface area contributed by atoms with Crippen molar-refractivity contribution in [2.75, 3.05) is 0 Å². The van der Waals surface area contributed by atoms with Crippen LogP contribution in [-0.4, -0.2) is 12.0 Å². The highest BCUT2D eigenvalue weighted by Crippen LogP contribution is 2.49. The van der Waals surface area contributed by atoms with Crippen molar-refractivity contribution in [3.63, 3.8) is 0 Å². The monoisotopic (exact) mass is 260 g/mol. The minimum Gasteiger partial charge on any atom is -0.410 e. The fourth-order valence-corrected chi connectivity index (χ4v) is 1.55. The average Bonchev–Trinajstić information content (AvgIpc) is 3.09. The van der Waals surface area contributed by atoms with Crippen molar-refractivity contribution in [1.29, 1.82) is 0 Å². The number of para-hydroxylation sites is 1. The van der Waals surface area contributed by atoms with E-state index in [1.54, 1.807) is 30.3 Å². The summed E-state index contributed by atoms with van der Waals surface area (Å²) in [7, 11) is 0. The number of amides is 2. The second-order valence-electron chi connectivity index (χ2n) is 4.85. The first-order chi connectivity index (χ1) is 8.99. The standard InChI is InChI=1S/C14H16N2O3/c1-14(7-8-14)11(15)9-12(17)16-13(18)19-10-5-3-2-4-6-10/h2-6,9H,7-8,15H2,1H3,(H,16,17,18). The highest BCUT2D eigenvalue weighted by atomic mass is 16.6. The van der Waals surface area contributed by atoms with E-state index < -0.39 is 12.0 Å². The van der Waals surface area contributed by atoms with E-state index in [1.165, 1.54) is 6.08 Å². The van der Waals surface area contributed by atoms with Gasteiger partial charge in [0.2, 0.25) is 0 Å². The number of rotatable bonds is 3. The highest BCUT2D eigenvalue weighted by Gasteiger charge is 2.40. The van der Waals surface area contributed by atoms with Gasteiger partial charge in [-0.15, -0.1) is 0 Å². The maximum Gasteiger partial charge on any atom is 0.419 e. The number of imide groups is 1. The third-order valence-electron chi connectivity index (χ3n) is 3.16. The number of allylic oxidation sites excluding steroid dienone is 1. The van der Waals surface area contributed by atoms with Crippen LogP contribution < -0.4 is 15.8 Å². The molecule has 0 bridgehead atoms. The van der Waals surface area contributed by atoms with Gasteiger partial charge in [0.05, 0.1) is 0 Å². The summed E-state index contributed by atoms with van der Waals surface area (Å²) in [6.45, 7) is 1.98. The molecule has 1 aromatic rings. The number of carbonyl (C=O) groups excluding carboxylic acids is 2. The van der Waals surface area contributed by atoms with Crippen molar-refractivity contribution in [3.8, 4) is 5.75 Å². The molecule has 19 heavy (non-hydrogen) atoms. The Hall–Kier alpha value is -2.30. The lowest BCUT2D eigenvalue weighted by atomic mass is 10.1. The molecule has 1 aromatic carbocycles. The zero-order valence-corrected chi connectivity index (χ0v) is 10.7. The van der Waals surface area contributed by atoms with Crippen LogP contribution in [0.4, 0.5) is 4.79 Å². The van der Waals surface area contributed by atoms with E-state index >= 15 is 0 Å². The number of hydrogen-bond acceptors (Lipinski definition) is 4. The fraction of sp³-hybridized carbons (Fsp3) is 0.286. The third kappa shape index (κ3) is 3.58. The van der Waals surface area contributed by atoms with Crippen molar-refractivity contribution in [1.82, 2.24) is 5.32 Å². The van der Waals surface area contributed by atoms with E-state index in [2.05, 4.69) is 5.32 Å². The normalized spacial score (nSPS) is 16.6. The predicted molar refractivity (Wildman–Crippen MR) is 70.2 cm³/mol. The quantitative estimate of drug-likeness (QED) is 0.814. The maximum atomic E-state index is 11.6. The minimum absolute atomic E-state index is 0.0827. The molecule has 0 aromatic heterocycles. The summed E-state index contributed by atoms with van der Waals surface area (Å²) in [6, 6.07) is 8.52. The lowest BCUT2D eigenvalue weighted by Crippen LogP contribution is -2.32. The summed E-state index contributed by atoms with van der Waals surface area (Å²) < 4.78 is 4.93. The van der Waals surface area contributed by atoms with Crippen molar-refractivity contribution >= 4 is 12.0 Å². The van der Waals surface area contributed by atoms with E-state index in [-0.39, 0.29) is 5.41 Å². The molecule has 0 spiro atoms. The molecule has 1 aliphatic carbocycles. The molecular weight excluding hydrogens is 244 g/mol. The van der Waals surface area contributed by atoms with Gasteiger partial charge in [0.15, 0.2) is 0 Å². The molecule has 0 heterocycles. The summed E-state index contributed by atoms with van der Waals surface area (Å²) in [5.41, 5.74) is 6.21. The maximum absolute atomic E-state index is 11.6. The van der Waals surface area contributed by atoms with Crippen LogP contribution in [0.25, 0.3) is 0 Å². The summed E-state index contributed by atoms with van der Waals surface area (Å²) in [4.78, 5) is 23.0. The highest BCUT2D eigenvalue weighted by molar-refractivity contribution is 5.99. The molecule has 5 nitrogen and oxygen atoms in total. The van der Waals surface area contributed by atoms with Gasteiger partial charge in [0, 0.05) is 17.2 Å². The SMILES string of the molecule is CC1(C(N)=CC(=O)NC(=O)Oc2ccccc2)CC1. The third-order valence-corrected chi connectivity index (χ3v) is 3.16. The van der Waals surface area contributed by atoms with Crippen LogP contribution in [0.2, 0.25) is 0 Å². The summed E-state index contributed by atoms with van der Waals surface area (Å²) in [5, 5.41) is 2.10. The zero-order valence-electron chi connectivity index (χ0n) is 10.7. The van der Waals surface area contributed by atoms with Crippen LogP contribution >= 0.6 is 0 Å². The molecule has 1 saturated carbocycles. The van der Waals surface area contributed by atoms with Crippen molar-refractivity contribution in [3.05, 3.63) is 42.1 Å². The molecule has 0 aliphatic heterocycles. The molecule has 1 fully saturated rings. The van der Waals surface area contributed by atoms with E-state index in [0.717, 1.165) is 12.8 Å². The molecule has 2 rings (SSSR count). The second-order valence-corrected chi connectivity index (χ2v) is 4.85. The molecule has 0 radical (unpaired) electrons.